The molecule has 0 aliphatic rings. The van der Waals surface area contributed by atoms with Crippen LogP contribution >= 0.6 is 0 Å². The van der Waals surface area contributed by atoms with E-state index < -0.39 is 0 Å². The molecule has 0 aliphatic carbocycles. The fourth-order valence-electron chi connectivity index (χ4n) is 1.23. The maximum absolute atomic E-state index is 5.46. The van der Waals surface area contributed by atoms with Crippen molar-refractivity contribution in [1.29, 1.82) is 0 Å². The minimum atomic E-state index is 0.838. The van der Waals surface area contributed by atoms with Gasteiger partial charge in [0, 0.05) is 26.2 Å². The molecule has 0 atom stereocenters. The number of hydrazine groups is 1. The van der Waals surface area contributed by atoms with Crippen molar-refractivity contribution in [3.8, 4) is 0 Å². The minimum Gasteiger partial charge on any atom is -0.380 e. The third kappa shape index (κ3) is 8.48. The highest BCUT2D eigenvalue weighted by molar-refractivity contribution is 4.50. The molecule has 0 amide bonds. The Bertz CT molecular complexity index is 109. The first-order valence-corrected chi connectivity index (χ1v) is 5.91. The van der Waals surface area contributed by atoms with Gasteiger partial charge in [-0.1, -0.05) is 20.8 Å². The molecule has 0 aliphatic heterocycles. The van der Waals surface area contributed by atoms with E-state index in [0.717, 1.165) is 39.3 Å². The molecule has 14 heavy (non-hydrogen) atoms. The number of hydrogen-bond donors (Lipinski definition) is 1. The van der Waals surface area contributed by atoms with E-state index in [0.29, 0.717) is 0 Å². The van der Waals surface area contributed by atoms with Gasteiger partial charge in [0.25, 0.3) is 0 Å². The van der Waals surface area contributed by atoms with Crippen LogP contribution in [0.1, 0.15) is 40.0 Å². The molecule has 0 saturated heterocycles. The number of ether oxygens (including phenoxy) is 1. The lowest BCUT2D eigenvalue weighted by atomic mass is 10.4. The highest BCUT2D eigenvalue weighted by atomic mass is 16.5. The lowest BCUT2D eigenvalue weighted by Crippen LogP contribution is -2.41. The predicted octanol–water partition coefficient (Wildman–Crippen LogP) is 2.04. The van der Waals surface area contributed by atoms with Gasteiger partial charge in [-0.15, -0.1) is 0 Å². The Morgan fingerprint density at radius 2 is 1.71 bits per heavy atom. The van der Waals surface area contributed by atoms with Crippen LogP contribution in [0.2, 0.25) is 0 Å². The molecule has 1 N–H and O–H groups in total. The van der Waals surface area contributed by atoms with Crippen molar-refractivity contribution in [2.75, 3.05) is 32.8 Å². The van der Waals surface area contributed by atoms with Crippen LogP contribution in [0.15, 0.2) is 0 Å². The molecule has 3 heteroatoms. The van der Waals surface area contributed by atoms with E-state index in [-0.39, 0.29) is 0 Å². The summed E-state index contributed by atoms with van der Waals surface area (Å²) in [5.74, 6) is 0. The van der Waals surface area contributed by atoms with Gasteiger partial charge in [-0.05, 0) is 19.3 Å². The Morgan fingerprint density at radius 1 is 0.929 bits per heavy atom. The predicted molar refractivity (Wildman–Crippen MR) is 61.3 cm³/mol. The van der Waals surface area contributed by atoms with Crippen LogP contribution in [0.25, 0.3) is 0 Å². The zero-order valence-corrected chi connectivity index (χ0v) is 10.0. The first-order valence-electron chi connectivity index (χ1n) is 5.91. The minimum absolute atomic E-state index is 0.838. The van der Waals surface area contributed by atoms with Crippen LogP contribution < -0.4 is 5.43 Å². The van der Waals surface area contributed by atoms with Gasteiger partial charge >= 0.3 is 0 Å². The molecule has 0 aromatic carbocycles. The van der Waals surface area contributed by atoms with Gasteiger partial charge in [-0.2, -0.15) is 0 Å². The lowest BCUT2D eigenvalue weighted by Gasteiger charge is -2.22. The van der Waals surface area contributed by atoms with Gasteiger partial charge in [-0.25, -0.2) is 5.01 Å². The van der Waals surface area contributed by atoms with Crippen molar-refractivity contribution in [3.05, 3.63) is 0 Å². The molecule has 0 unspecified atom stereocenters. The van der Waals surface area contributed by atoms with Crippen molar-refractivity contribution < 1.29 is 4.74 Å². The summed E-state index contributed by atoms with van der Waals surface area (Å²) in [6, 6.07) is 0. The van der Waals surface area contributed by atoms with Crippen LogP contribution in [0.4, 0.5) is 0 Å². The Kier molecular flexibility index (Phi) is 10.9. The smallest absolute Gasteiger partial charge is 0.0607 e. The summed E-state index contributed by atoms with van der Waals surface area (Å²) in [5.41, 5.74) is 3.40. The summed E-state index contributed by atoms with van der Waals surface area (Å²) in [7, 11) is 0. The zero-order valence-electron chi connectivity index (χ0n) is 10.0. The van der Waals surface area contributed by atoms with Crippen LogP contribution in [0, 0.1) is 0 Å². The largest absolute Gasteiger partial charge is 0.380 e. The van der Waals surface area contributed by atoms with E-state index >= 15 is 0 Å². The second-order valence-corrected chi connectivity index (χ2v) is 3.51. The molecule has 0 aromatic rings. The molecular weight excluding hydrogens is 176 g/mol. The summed E-state index contributed by atoms with van der Waals surface area (Å²) in [5, 5.41) is 2.26. The first kappa shape index (κ1) is 13.9. The van der Waals surface area contributed by atoms with E-state index in [1.165, 1.54) is 12.8 Å². The monoisotopic (exact) mass is 202 g/mol. The van der Waals surface area contributed by atoms with E-state index in [2.05, 4.69) is 31.2 Å². The Hall–Kier alpha value is -0.120. The van der Waals surface area contributed by atoms with Crippen LogP contribution in [0.3, 0.4) is 0 Å². The molecule has 86 valence electrons. The van der Waals surface area contributed by atoms with Crippen molar-refractivity contribution in [2.24, 2.45) is 0 Å². The maximum atomic E-state index is 5.46. The quantitative estimate of drug-likeness (QED) is 0.433. The second-order valence-electron chi connectivity index (χ2n) is 3.51. The Balaban J connectivity index is 3.40. The van der Waals surface area contributed by atoms with Gasteiger partial charge in [-0.3, -0.25) is 5.43 Å². The summed E-state index contributed by atoms with van der Waals surface area (Å²) < 4.78 is 5.46. The molecule has 0 aromatic heterocycles. The van der Waals surface area contributed by atoms with Gasteiger partial charge in [0.05, 0.1) is 6.61 Å². The number of nitrogens with zero attached hydrogens (tertiary/aromatic N) is 1. The molecule has 0 bridgehead atoms. The number of hydrogen-bond acceptors (Lipinski definition) is 3. The van der Waals surface area contributed by atoms with Crippen LogP contribution in [-0.2, 0) is 4.74 Å². The Morgan fingerprint density at radius 3 is 2.29 bits per heavy atom. The Labute approximate surface area is 88.8 Å². The summed E-state index contributed by atoms with van der Waals surface area (Å²) >= 11 is 0. The maximum Gasteiger partial charge on any atom is 0.0607 e. The highest BCUT2D eigenvalue weighted by Gasteiger charge is 2.01. The molecule has 3 nitrogen and oxygen atoms in total. The molecule has 0 rings (SSSR count). The molecule has 0 heterocycles. The molecule has 0 radical (unpaired) electrons. The van der Waals surface area contributed by atoms with Gasteiger partial charge in [0.15, 0.2) is 0 Å². The number of rotatable bonds is 10. The van der Waals surface area contributed by atoms with E-state index in [1.807, 2.05) is 0 Å². The van der Waals surface area contributed by atoms with Crippen molar-refractivity contribution in [2.45, 2.75) is 40.0 Å². The van der Waals surface area contributed by atoms with E-state index in [4.69, 9.17) is 4.74 Å². The number of nitrogens with one attached hydrogen (secondary N) is 1. The third-order valence-electron chi connectivity index (χ3n) is 1.93. The summed E-state index contributed by atoms with van der Waals surface area (Å²) in [4.78, 5) is 0. The standard InChI is InChI=1S/C11H26N2O/c1-4-7-12-13(8-5-2)9-11-14-10-6-3/h12H,4-11H2,1-3H3. The van der Waals surface area contributed by atoms with E-state index in [9.17, 15) is 0 Å². The second kappa shape index (κ2) is 11.0. The first-order chi connectivity index (χ1) is 6.85. The van der Waals surface area contributed by atoms with Crippen molar-refractivity contribution >= 4 is 0 Å². The fourth-order valence-corrected chi connectivity index (χ4v) is 1.23. The fraction of sp³-hybridized carbons (Fsp3) is 1.00. The normalized spacial score (nSPS) is 11.1. The molecular formula is C11H26N2O. The zero-order chi connectivity index (χ0) is 10.6. The average Bonchev–Trinajstić information content (AvgIpc) is 2.20. The summed E-state index contributed by atoms with van der Waals surface area (Å²) in [6.07, 6.45) is 3.47. The molecule has 0 spiro atoms. The third-order valence-corrected chi connectivity index (χ3v) is 1.93. The van der Waals surface area contributed by atoms with Gasteiger partial charge in [0.2, 0.25) is 0 Å². The SMILES string of the molecule is CCCNN(CCC)CCOCCC. The van der Waals surface area contributed by atoms with E-state index in [1.54, 1.807) is 0 Å². The topological polar surface area (TPSA) is 24.5 Å². The van der Waals surface area contributed by atoms with Crippen molar-refractivity contribution in [3.63, 3.8) is 0 Å². The summed E-state index contributed by atoms with van der Waals surface area (Å²) in [6.45, 7) is 11.4. The van der Waals surface area contributed by atoms with Gasteiger partial charge in [0.1, 0.15) is 0 Å². The molecule has 0 saturated carbocycles. The highest BCUT2D eigenvalue weighted by Crippen LogP contribution is 1.89. The van der Waals surface area contributed by atoms with Crippen LogP contribution in [0.5, 0.6) is 0 Å². The molecule has 0 fully saturated rings. The lowest BCUT2D eigenvalue weighted by molar-refractivity contribution is 0.0830. The van der Waals surface area contributed by atoms with Crippen LogP contribution in [-0.4, -0.2) is 37.9 Å². The van der Waals surface area contributed by atoms with Crippen molar-refractivity contribution in [1.82, 2.24) is 10.4 Å². The van der Waals surface area contributed by atoms with Gasteiger partial charge < -0.3 is 4.74 Å². The average molecular weight is 202 g/mol.